The van der Waals surface area contributed by atoms with Crippen LogP contribution >= 0.6 is 22.9 Å². The maximum atomic E-state index is 12.7. The van der Waals surface area contributed by atoms with E-state index in [4.69, 9.17) is 16.7 Å². The number of rotatable bonds is 5. The number of amides is 1. The lowest BCUT2D eigenvalue weighted by atomic mass is 9.96. The van der Waals surface area contributed by atoms with Gasteiger partial charge in [0, 0.05) is 32.6 Å². The van der Waals surface area contributed by atoms with Gasteiger partial charge in [0.25, 0.3) is 5.91 Å². The van der Waals surface area contributed by atoms with E-state index in [-0.39, 0.29) is 5.91 Å². The minimum Gasteiger partial charge on any atom is -0.267 e. The zero-order valence-corrected chi connectivity index (χ0v) is 18.9. The van der Waals surface area contributed by atoms with Crippen LogP contribution in [0.1, 0.15) is 39.2 Å². The maximum absolute atomic E-state index is 12.7. The average molecular weight is 461 g/mol. The summed E-state index contributed by atoms with van der Waals surface area (Å²) in [6, 6.07) is 17.4. The molecular formula is C25H21ClN4OS. The van der Waals surface area contributed by atoms with E-state index < -0.39 is 0 Å². The van der Waals surface area contributed by atoms with E-state index in [0.717, 1.165) is 47.3 Å². The van der Waals surface area contributed by atoms with E-state index in [1.807, 2.05) is 70.9 Å². The van der Waals surface area contributed by atoms with Crippen LogP contribution in [0.5, 0.6) is 0 Å². The van der Waals surface area contributed by atoms with E-state index in [9.17, 15) is 4.79 Å². The number of halogens is 1. The maximum Gasteiger partial charge on any atom is 0.272 e. The predicted octanol–water partition coefficient (Wildman–Crippen LogP) is 5.90. The van der Waals surface area contributed by atoms with Gasteiger partial charge in [0.15, 0.2) is 0 Å². The van der Waals surface area contributed by atoms with Crippen LogP contribution in [0.4, 0.5) is 0 Å². The summed E-state index contributed by atoms with van der Waals surface area (Å²) in [6.45, 7) is 0. The Morgan fingerprint density at radius 2 is 1.88 bits per heavy atom. The largest absolute Gasteiger partial charge is 0.272 e. The van der Waals surface area contributed by atoms with Crippen LogP contribution in [-0.4, -0.2) is 21.9 Å². The highest BCUT2D eigenvalue weighted by Gasteiger charge is 2.20. The Kier molecular flexibility index (Phi) is 5.88. The molecule has 0 fully saturated rings. The second-order valence-electron chi connectivity index (χ2n) is 7.68. The zero-order chi connectivity index (χ0) is 21.9. The van der Waals surface area contributed by atoms with Crippen molar-refractivity contribution in [2.45, 2.75) is 25.7 Å². The number of aromatic nitrogens is 2. The fourth-order valence-electron chi connectivity index (χ4n) is 3.93. The van der Waals surface area contributed by atoms with Gasteiger partial charge in [-0.25, -0.2) is 10.1 Å². The molecule has 0 bridgehead atoms. The predicted molar refractivity (Wildman–Crippen MR) is 130 cm³/mol. The first-order valence-corrected chi connectivity index (χ1v) is 11.8. The SMILES string of the molecule is O=C(NN=Cc1cn(-c2ccccc2)nc1-c1ccc(Cl)cc1)c1csc2c1CCCC2. The van der Waals surface area contributed by atoms with Crippen molar-refractivity contribution < 1.29 is 4.79 Å². The third-order valence-electron chi connectivity index (χ3n) is 5.56. The van der Waals surface area contributed by atoms with Crippen LogP contribution in [0.25, 0.3) is 16.9 Å². The van der Waals surface area contributed by atoms with Gasteiger partial charge in [-0.15, -0.1) is 11.3 Å². The normalized spacial score (nSPS) is 13.3. The summed E-state index contributed by atoms with van der Waals surface area (Å²) < 4.78 is 1.81. The number of aryl methyl sites for hydroxylation is 1. The Hall–Kier alpha value is -3.22. The summed E-state index contributed by atoms with van der Waals surface area (Å²) in [4.78, 5) is 14.1. The first kappa shape index (κ1) is 20.7. The second-order valence-corrected chi connectivity index (χ2v) is 9.08. The summed E-state index contributed by atoms with van der Waals surface area (Å²) in [5.41, 5.74) is 8.05. The van der Waals surface area contributed by atoms with Crippen LogP contribution in [0.15, 0.2) is 71.3 Å². The smallest absolute Gasteiger partial charge is 0.267 e. The van der Waals surface area contributed by atoms with Crippen LogP contribution in [0.3, 0.4) is 0 Å². The number of benzene rings is 2. The fourth-order valence-corrected chi connectivity index (χ4v) is 5.18. The van der Waals surface area contributed by atoms with Crippen LogP contribution in [0, 0.1) is 0 Å². The van der Waals surface area contributed by atoms with Crippen molar-refractivity contribution in [1.82, 2.24) is 15.2 Å². The van der Waals surface area contributed by atoms with E-state index in [2.05, 4.69) is 10.5 Å². The van der Waals surface area contributed by atoms with Gasteiger partial charge >= 0.3 is 0 Å². The molecule has 1 aliphatic rings. The van der Waals surface area contributed by atoms with Gasteiger partial charge in [-0.05, 0) is 55.5 Å². The van der Waals surface area contributed by atoms with Crippen molar-refractivity contribution >= 4 is 35.1 Å². The minimum atomic E-state index is -0.163. The molecule has 0 spiro atoms. The highest BCUT2D eigenvalue weighted by molar-refractivity contribution is 7.10. The van der Waals surface area contributed by atoms with Gasteiger partial charge in [0.2, 0.25) is 0 Å². The molecule has 4 aromatic rings. The molecule has 1 amide bonds. The minimum absolute atomic E-state index is 0.163. The number of carbonyl (C=O) groups is 1. The van der Waals surface area contributed by atoms with Crippen molar-refractivity contribution in [3.8, 4) is 16.9 Å². The number of hydrazone groups is 1. The number of hydrogen-bond acceptors (Lipinski definition) is 4. The first-order valence-electron chi connectivity index (χ1n) is 10.5. The molecule has 5 nitrogen and oxygen atoms in total. The van der Waals surface area contributed by atoms with Crippen molar-refractivity contribution in [2.75, 3.05) is 0 Å². The number of nitrogens with one attached hydrogen (secondary N) is 1. The number of para-hydroxylation sites is 1. The summed E-state index contributed by atoms with van der Waals surface area (Å²) >= 11 is 7.73. The van der Waals surface area contributed by atoms with Crippen molar-refractivity contribution in [1.29, 1.82) is 0 Å². The standard InChI is InChI=1S/C25H21ClN4OS/c26-19-12-10-17(11-13-19)24-18(15-30(29-24)20-6-2-1-3-7-20)14-27-28-25(31)22-16-32-23-9-5-4-8-21(22)23/h1-3,6-7,10-16H,4-5,8-9H2,(H,28,31). The van der Waals surface area contributed by atoms with Gasteiger partial charge in [-0.3, -0.25) is 4.79 Å². The molecule has 2 aromatic heterocycles. The molecular weight excluding hydrogens is 440 g/mol. The third-order valence-corrected chi connectivity index (χ3v) is 6.90. The molecule has 0 saturated carbocycles. The summed E-state index contributed by atoms with van der Waals surface area (Å²) in [6.07, 6.45) is 7.92. The monoisotopic (exact) mass is 460 g/mol. The lowest BCUT2D eigenvalue weighted by Crippen LogP contribution is -2.19. The van der Waals surface area contributed by atoms with Gasteiger partial charge < -0.3 is 0 Å². The third kappa shape index (κ3) is 4.24. The Bertz CT molecular complexity index is 1280. The first-order chi connectivity index (χ1) is 15.7. The van der Waals surface area contributed by atoms with Gasteiger partial charge in [-0.1, -0.05) is 41.9 Å². The summed E-state index contributed by atoms with van der Waals surface area (Å²) in [7, 11) is 0. The van der Waals surface area contributed by atoms with Crippen molar-refractivity contribution in [3.05, 3.63) is 92.8 Å². The molecule has 0 radical (unpaired) electrons. The molecule has 1 N–H and O–H groups in total. The molecule has 7 heteroatoms. The Morgan fingerprint density at radius 1 is 1.09 bits per heavy atom. The Morgan fingerprint density at radius 3 is 2.69 bits per heavy atom. The molecule has 1 aliphatic carbocycles. The van der Waals surface area contributed by atoms with E-state index in [1.54, 1.807) is 17.6 Å². The van der Waals surface area contributed by atoms with E-state index >= 15 is 0 Å². The molecule has 32 heavy (non-hydrogen) atoms. The quantitative estimate of drug-likeness (QED) is 0.298. The molecule has 0 atom stereocenters. The molecule has 0 unspecified atom stereocenters. The molecule has 2 aromatic carbocycles. The summed E-state index contributed by atoms with van der Waals surface area (Å²) in [5.74, 6) is -0.163. The number of fused-ring (bicyclic) bond motifs is 1. The molecule has 160 valence electrons. The highest BCUT2D eigenvalue weighted by Crippen LogP contribution is 2.30. The van der Waals surface area contributed by atoms with Crippen molar-refractivity contribution in [3.63, 3.8) is 0 Å². The number of hydrogen-bond donors (Lipinski definition) is 1. The van der Waals surface area contributed by atoms with Crippen LogP contribution in [0.2, 0.25) is 5.02 Å². The molecule has 5 rings (SSSR count). The van der Waals surface area contributed by atoms with Gasteiger partial charge in [-0.2, -0.15) is 10.2 Å². The fraction of sp³-hybridized carbons (Fsp3) is 0.160. The Balaban J connectivity index is 1.42. The van der Waals surface area contributed by atoms with Crippen LogP contribution in [-0.2, 0) is 12.8 Å². The van der Waals surface area contributed by atoms with E-state index in [0.29, 0.717) is 5.02 Å². The second kappa shape index (κ2) is 9.10. The molecule has 2 heterocycles. The van der Waals surface area contributed by atoms with Crippen molar-refractivity contribution in [2.24, 2.45) is 5.10 Å². The van der Waals surface area contributed by atoms with Crippen LogP contribution < -0.4 is 5.43 Å². The van der Waals surface area contributed by atoms with E-state index in [1.165, 1.54) is 16.9 Å². The Labute approximate surface area is 195 Å². The lowest BCUT2D eigenvalue weighted by molar-refractivity contribution is 0.0954. The van der Waals surface area contributed by atoms with Gasteiger partial charge in [0.1, 0.15) is 5.69 Å². The number of nitrogens with zero attached hydrogens (tertiary/aromatic N) is 3. The number of thiophene rings is 1. The topological polar surface area (TPSA) is 59.3 Å². The molecule has 0 aliphatic heterocycles. The highest BCUT2D eigenvalue weighted by atomic mass is 35.5. The molecule has 0 saturated heterocycles. The van der Waals surface area contributed by atoms with Gasteiger partial charge in [0.05, 0.1) is 17.5 Å². The summed E-state index contributed by atoms with van der Waals surface area (Å²) in [5, 5.41) is 11.6. The average Bonchev–Trinajstić information content (AvgIpc) is 3.45. The number of carbonyl (C=O) groups excluding carboxylic acids is 1. The zero-order valence-electron chi connectivity index (χ0n) is 17.3. The lowest BCUT2D eigenvalue weighted by Gasteiger charge is -2.11.